The smallest absolute Gasteiger partial charge is 0.200 e. The third-order valence-corrected chi connectivity index (χ3v) is 13.5. The maximum absolute atomic E-state index is 10.9. The van der Waals surface area contributed by atoms with Gasteiger partial charge in [0.25, 0.3) is 0 Å². The summed E-state index contributed by atoms with van der Waals surface area (Å²) in [5.41, 5.74) is 2.65. The zero-order valence-electron chi connectivity index (χ0n) is 22.2. The third-order valence-electron chi connectivity index (χ3n) is 7.34. The first kappa shape index (κ1) is 29.0. The molecule has 6 heteroatoms. The zero-order chi connectivity index (χ0) is 25.3. The van der Waals surface area contributed by atoms with E-state index in [1.165, 1.54) is 0 Å². The van der Waals surface area contributed by atoms with Crippen molar-refractivity contribution < 1.29 is 24.1 Å². The average molecular weight is 491 g/mol. The molecule has 0 spiro atoms. The minimum atomic E-state index is -1.98. The molecule has 1 aromatic rings. The van der Waals surface area contributed by atoms with Crippen LogP contribution in [0.25, 0.3) is 0 Å². The molecule has 1 aliphatic heterocycles. The molecule has 2 rings (SSSR count). The first-order valence-corrected chi connectivity index (χ1v) is 15.0. The summed E-state index contributed by atoms with van der Waals surface area (Å²) in [7, 11) is -1.98. The average Bonchev–Trinajstić information content (AvgIpc) is 2.79. The van der Waals surface area contributed by atoms with Crippen molar-refractivity contribution in [3.63, 3.8) is 0 Å². The quantitative estimate of drug-likeness (QED) is 0.243. The fraction of sp³-hybridized carbons (Fsp3) is 0.714. The van der Waals surface area contributed by atoms with Crippen LogP contribution in [0.4, 0.5) is 0 Å². The van der Waals surface area contributed by atoms with Crippen LogP contribution < -0.4 is 0 Å². The Morgan fingerprint density at radius 3 is 2.18 bits per heavy atom. The van der Waals surface area contributed by atoms with Gasteiger partial charge in [-0.2, -0.15) is 0 Å². The zero-order valence-corrected chi connectivity index (χ0v) is 23.2. The van der Waals surface area contributed by atoms with E-state index >= 15 is 0 Å². The molecule has 0 amide bonds. The van der Waals surface area contributed by atoms with Crippen LogP contribution in [-0.2, 0) is 20.5 Å². The van der Waals surface area contributed by atoms with E-state index in [1.54, 1.807) is 0 Å². The SMILES string of the molecule is CC(C)[Si](OCC[C@@H]1[C@@H](O)[C@@H](C)C(O)O[C@H]1C#CCCOCc1ccccc1)(C(C)C)C(C)C. The predicted octanol–water partition coefficient (Wildman–Crippen LogP) is 5.51. The van der Waals surface area contributed by atoms with Gasteiger partial charge in [0, 0.05) is 24.9 Å². The first-order valence-electron chi connectivity index (χ1n) is 12.9. The van der Waals surface area contributed by atoms with Crippen molar-refractivity contribution in [1.29, 1.82) is 0 Å². The molecule has 5 nitrogen and oxygen atoms in total. The maximum Gasteiger partial charge on any atom is 0.200 e. The Morgan fingerprint density at radius 1 is 0.971 bits per heavy atom. The van der Waals surface area contributed by atoms with Crippen LogP contribution in [0.5, 0.6) is 0 Å². The van der Waals surface area contributed by atoms with Crippen LogP contribution in [-0.4, -0.2) is 50.2 Å². The third kappa shape index (κ3) is 7.40. The van der Waals surface area contributed by atoms with Crippen LogP contribution in [0.1, 0.15) is 66.9 Å². The Kier molecular flexibility index (Phi) is 11.8. The molecule has 0 radical (unpaired) electrons. The fourth-order valence-electron chi connectivity index (χ4n) is 5.51. The highest BCUT2D eigenvalue weighted by molar-refractivity contribution is 6.77. The number of hydrogen-bond acceptors (Lipinski definition) is 5. The van der Waals surface area contributed by atoms with Gasteiger partial charge in [-0.15, -0.1) is 0 Å². The molecule has 2 N–H and O–H groups in total. The summed E-state index contributed by atoms with van der Waals surface area (Å²) in [6.45, 7) is 17.1. The molecule has 0 bridgehead atoms. The summed E-state index contributed by atoms with van der Waals surface area (Å²) in [4.78, 5) is 0. The summed E-state index contributed by atoms with van der Waals surface area (Å²) >= 11 is 0. The van der Waals surface area contributed by atoms with Crippen LogP contribution in [0.15, 0.2) is 30.3 Å². The highest BCUT2D eigenvalue weighted by Gasteiger charge is 2.46. The van der Waals surface area contributed by atoms with Crippen LogP contribution in [0.3, 0.4) is 0 Å². The van der Waals surface area contributed by atoms with Crippen molar-refractivity contribution in [3.8, 4) is 11.8 Å². The number of hydrogen-bond donors (Lipinski definition) is 2. The molecule has 1 fully saturated rings. The van der Waals surface area contributed by atoms with Crippen molar-refractivity contribution in [2.24, 2.45) is 11.8 Å². The second-order valence-corrected chi connectivity index (χ2v) is 16.0. The van der Waals surface area contributed by atoms with E-state index in [2.05, 4.69) is 53.4 Å². The van der Waals surface area contributed by atoms with Gasteiger partial charge in [-0.05, 0) is 28.6 Å². The number of rotatable bonds is 11. The van der Waals surface area contributed by atoms with Gasteiger partial charge in [-0.1, -0.05) is 90.6 Å². The minimum absolute atomic E-state index is 0.200. The number of benzene rings is 1. The van der Waals surface area contributed by atoms with E-state index < -0.39 is 26.8 Å². The Balaban J connectivity index is 1.97. The largest absolute Gasteiger partial charge is 0.416 e. The Labute approximate surface area is 208 Å². The summed E-state index contributed by atoms with van der Waals surface area (Å²) < 4.78 is 18.2. The van der Waals surface area contributed by atoms with Gasteiger partial charge in [0.05, 0.1) is 19.3 Å². The molecule has 34 heavy (non-hydrogen) atoms. The number of aliphatic hydroxyl groups is 2. The molecule has 5 atom stereocenters. The lowest BCUT2D eigenvalue weighted by Crippen LogP contribution is -2.51. The molecule has 192 valence electrons. The first-order chi connectivity index (χ1) is 16.1. The van der Waals surface area contributed by atoms with Gasteiger partial charge in [0.2, 0.25) is 0 Å². The maximum atomic E-state index is 10.9. The molecule has 0 saturated carbocycles. The van der Waals surface area contributed by atoms with Gasteiger partial charge in [0.15, 0.2) is 14.6 Å². The van der Waals surface area contributed by atoms with Gasteiger partial charge < -0.3 is 24.1 Å². The summed E-state index contributed by atoms with van der Waals surface area (Å²) in [6, 6.07) is 10.1. The van der Waals surface area contributed by atoms with E-state index in [0.29, 0.717) is 49.3 Å². The topological polar surface area (TPSA) is 68.2 Å². The van der Waals surface area contributed by atoms with Crippen LogP contribution in [0.2, 0.25) is 16.6 Å². The molecule has 1 heterocycles. The lowest BCUT2D eigenvalue weighted by Gasteiger charge is -2.44. The lowest BCUT2D eigenvalue weighted by molar-refractivity contribution is -0.231. The van der Waals surface area contributed by atoms with Crippen molar-refractivity contribution in [3.05, 3.63) is 35.9 Å². The molecular formula is C28H46O5Si. The van der Waals surface area contributed by atoms with Gasteiger partial charge in [0.1, 0.15) is 6.10 Å². The molecular weight excluding hydrogens is 444 g/mol. The molecule has 1 aliphatic rings. The second kappa shape index (κ2) is 13.8. The normalized spacial score (nSPS) is 25.6. The standard InChI is InChI=1S/C28H46O5Si/c1-20(2)34(21(3)4,22(5)6)32-18-16-25-26(33-28(30)23(7)27(25)29)15-11-12-17-31-19-24-13-9-8-10-14-24/h8-10,13-14,20-23,25-30H,12,16-19H2,1-7H3/t23-,25+,26+,27+,28?/m1/s1. The predicted molar refractivity (Wildman–Crippen MR) is 140 cm³/mol. The molecule has 1 aromatic carbocycles. The van der Waals surface area contributed by atoms with E-state index in [-0.39, 0.29) is 11.8 Å². The number of ether oxygens (including phenoxy) is 2. The highest BCUT2D eigenvalue weighted by atomic mass is 28.4. The van der Waals surface area contributed by atoms with Crippen LogP contribution >= 0.6 is 0 Å². The highest BCUT2D eigenvalue weighted by Crippen LogP contribution is 2.42. The van der Waals surface area contributed by atoms with Gasteiger partial charge >= 0.3 is 0 Å². The Bertz CT molecular complexity index is 748. The van der Waals surface area contributed by atoms with E-state index in [9.17, 15) is 10.2 Å². The van der Waals surface area contributed by atoms with Crippen LogP contribution in [0, 0.1) is 23.7 Å². The van der Waals surface area contributed by atoms with E-state index in [0.717, 1.165) is 5.56 Å². The van der Waals surface area contributed by atoms with E-state index in [1.807, 2.05) is 37.3 Å². The second-order valence-electron chi connectivity index (χ2n) is 10.5. The van der Waals surface area contributed by atoms with Crippen molar-refractivity contribution in [2.45, 2.75) is 103 Å². The lowest BCUT2D eigenvalue weighted by atomic mass is 9.83. The van der Waals surface area contributed by atoms with Gasteiger partial charge in [-0.25, -0.2) is 0 Å². The van der Waals surface area contributed by atoms with Gasteiger partial charge in [-0.3, -0.25) is 0 Å². The number of aliphatic hydroxyl groups excluding tert-OH is 2. The van der Waals surface area contributed by atoms with Crippen molar-refractivity contribution >= 4 is 8.32 Å². The Morgan fingerprint density at radius 2 is 1.59 bits per heavy atom. The summed E-state index contributed by atoms with van der Waals surface area (Å²) in [5.74, 6) is 5.72. The molecule has 1 saturated heterocycles. The summed E-state index contributed by atoms with van der Waals surface area (Å²) in [6.07, 6.45) is -0.998. The van der Waals surface area contributed by atoms with Crippen molar-refractivity contribution in [1.82, 2.24) is 0 Å². The summed E-state index contributed by atoms with van der Waals surface area (Å²) in [5, 5.41) is 21.2. The monoisotopic (exact) mass is 490 g/mol. The molecule has 1 unspecified atom stereocenters. The Hall–Kier alpha value is -1.20. The van der Waals surface area contributed by atoms with E-state index in [4.69, 9.17) is 13.9 Å². The minimum Gasteiger partial charge on any atom is -0.416 e. The van der Waals surface area contributed by atoms with Crippen molar-refractivity contribution in [2.75, 3.05) is 13.2 Å². The molecule has 0 aliphatic carbocycles. The fourth-order valence-corrected chi connectivity index (χ4v) is 11.0. The molecule has 0 aromatic heterocycles.